The summed E-state index contributed by atoms with van der Waals surface area (Å²) in [6.45, 7) is 3.39. The number of rotatable bonds is 4. The molecule has 150 valence electrons. The molecule has 0 radical (unpaired) electrons. The summed E-state index contributed by atoms with van der Waals surface area (Å²) >= 11 is 6.16. The SMILES string of the molecule is CC(C(=O)Nc1cc(Cl)ccc1N1CCCCC1)N1C(=O)c2ccccc2C1=O. The highest BCUT2D eigenvalue weighted by Gasteiger charge is 2.40. The number of nitrogens with one attached hydrogen (secondary N) is 1. The number of nitrogens with zero attached hydrogens (tertiary/aromatic N) is 2. The van der Waals surface area contributed by atoms with E-state index in [-0.39, 0.29) is 0 Å². The lowest BCUT2D eigenvalue weighted by atomic mass is 10.1. The van der Waals surface area contributed by atoms with E-state index in [1.54, 1.807) is 43.3 Å². The molecule has 0 spiro atoms. The minimum Gasteiger partial charge on any atom is -0.370 e. The third kappa shape index (κ3) is 3.60. The third-order valence-electron chi connectivity index (χ3n) is 5.51. The first-order valence-corrected chi connectivity index (χ1v) is 10.2. The fourth-order valence-corrected chi connectivity index (χ4v) is 4.11. The number of benzene rings is 2. The lowest BCUT2D eigenvalue weighted by molar-refractivity contribution is -0.119. The van der Waals surface area contributed by atoms with E-state index in [2.05, 4.69) is 10.2 Å². The van der Waals surface area contributed by atoms with E-state index in [0.29, 0.717) is 21.8 Å². The van der Waals surface area contributed by atoms with Crippen LogP contribution in [0.15, 0.2) is 42.5 Å². The first-order chi connectivity index (χ1) is 14.0. The number of imide groups is 1. The maximum Gasteiger partial charge on any atom is 0.262 e. The van der Waals surface area contributed by atoms with Crippen LogP contribution < -0.4 is 10.2 Å². The number of anilines is 2. The van der Waals surface area contributed by atoms with Gasteiger partial charge in [-0.25, -0.2) is 0 Å². The predicted octanol–water partition coefficient (Wildman–Crippen LogP) is 3.95. The summed E-state index contributed by atoms with van der Waals surface area (Å²) in [6.07, 6.45) is 3.39. The summed E-state index contributed by atoms with van der Waals surface area (Å²) in [5, 5.41) is 3.39. The second kappa shape index (κ2) is 7.87. The van der Waals surface area contributed by atoms with Crippen LogP contribution in [-0.2, 0) is 4.79 Å². The monoisotopic (exact) mass is 411 g/mol. The number of carbonyl (C=O) groups is 3. The van der Waals surface area contributed by atoms with Crippen LogP contribution in [0.1, 0.15) is 46.9 Å². The summed E-state index contributed by atoms with van der Waals surface area (Å²) in [7, 11) is 0. The molecule has 29 heavy (non-hydrogen) atoms. The quantitative estimate of drug-likeness (QED) is 0.773. The molecular formula is C22H22ClN3O3. The van der Waals surface area contributed by atoms with E-state index in [4.69, 9.17) is 11.6 Å². The van der Waals surface area contributed by atoms with Gasteiger partial charge in [0.2, 0.25) is 5.91 Å². The van der Waals surface area contributed by atoms with E-state index in [1.165, 1.54) is 6.42 Å². The van der Waals surface area contributed by atoms with Gasteiger partial charge in [0, 0.05) is 18.1 Å². The van der Waals surface area contributed by atoms with Gasteiger partial charge in [0.05, 0.1) is 22.5 Å². The molecule has 6 nitrogen and oxygen atoms in total. The molecule has 2 aliphatic rings. The minimum absolute atomic E-state index is 0.328. The fraction of sp³-hybridized carbons (Fsp3) is 0.318. The van der Waals surface area contributed by atoms with Crippen molar-refractivity contribution in [3.63, 3.8) is 0 Å². The highest BCUT2D eigenvalue weighted by molar-refractivity contribution is 6.31. The minimum atomic E-state index is -0.949. The molecular weight excluding hydrogens is 390 g/mol. The van der Waals surface area contributed by atoms with E-state index in [0.717, 1.165) is 36.5 Å². The summed E-state index contributed by atoms with van der Waals surface area (Å²) in [5.74, 6) is -1.33. The van der Waals surface area contributed by atoms with Crippen molar-refractivity contribution in [3.05, 3.63) is 58.6 Å². The number of piperidine rings is 1. The zero-order chi connectivity index (χ0) is 20.5. The van der Waals surface area contributed by atoms with Crippen LogP contribution in [0.4, 0.5) is 11.4 Å². The van der Waals surface area contributed by atoms with E-state index < -0.39 is 23.8 Å². The van der Waals surface area contributed by atoms with Crippen molar-refractivity contribution in [2.75, 3.05) is 23.3 Å². The molecule has 2 aromatic rings. The molecule has 0 aliphatic carbocycles. The molecule has 0 saturated carbocycles. The second-order valence-electron chi connectivity index (χ2n) is 7.40. The standard InChI is InChI=1S/C22H22ClN3O3/c1-14(26-21(28)16-7-3-4-8-17(16)22(26)29)20(27)24-18-13-15(23)9-10-19(18)25-11-5-2-6-12-25/h3-4,7-10,13-14H,2,5-6,11-12H2,1H3,(H,24,27). The van der Waals surface area contributed by atoms with Crippen LogP contribution in [0.3, 0.4) is 0 Å². The van der Waals surface area contributed by atoms with Crippen LogP contribution >= 0.6 is 11.6 Å². The number of amides is 3. The van der Waals surface area contributed by atoms with E-state index in [9.17, 15) is 14.4 Å². The zero-order valence-corrected chi connectivity index (χ0v) is 16.9. The van der Waals surface area contributed by atoms with Gasteiger partial charge in [-0.1, -0.05) is 23.7 Å². The second-order valence-corrected chi connectivity index (χ2v) is 7.84. The topological polar surface area (TPSA) is 69.7 Å². The molecule has 0 bridgehead atoms. The van der Waals surface area contributed by atoms with Gasteiger partial charge in [0.25, 0.3) is 11.8 Å². The maximum atomic E-state index is 13.0. The van der Waals surface area contributed by atoms with E-state index >= 15 is 0 Å². The molecule has 0 aromatic heterocycles. The molecule has 1 fully saturated rings. The maximum absolute atomic E-state index is 13.0. The molecule has 2 aliphatic heterocycles. The largest absolute Gasteiger partial charge is 0.370 e. The Balaban J connectivity index is 1.56. The fourth-order valence-electron chi connectivity index (χ4n) is 3.93. The number of carbonyl (C=O) groups excluding carboxylic acids is 3. The van der Waals surface area contributed by atoms with Gasteiger partial charge < -0.3 is 10.2 Å². The lowest BCUT2D eigenvalue weighted by Crippen LogP contribution is -2.45. The summed E-state index contributed by atoms with van der Waals surface area (Å²) < 4.78 is 0. The molecule has 1 atom stereocenters. The molecule has 4 rings (SSSR count). The van der Waals surface area contributed by atoms with Crippen molar-refractivity contribution >= 4 is 40.7 Å². The number of hydrogen-bond acceptors (Lipinski definition) is 4. The summed E-state index contributed by atoms with van der Waals surface area (Å²) in [4.78, 5) is 41.6. The Kier molecular flexibility index (Phi) is 5.28. The predicted molar refractivity (Wildman–Crippen MR) is 113 cm³/mol. The summed E-state index contributed by atoms with van der Waals surface area (Å²) in [6, 6.07) is 11.1. The summed E-state index contributed by atoms with van der Waals surface area (Å²) in [5.41, 5.74) is 2.15. The van der Waals surface area contributed by atoms with Crippen molar-refractivity contribution in [1.29, 1.82) is 0 Å². The van der Waals surface area contributed by atoms with Crippen LogP contribution in [0.25, 0.3) is 0 Å². The van der Waals surface area contributed by atoms with Crippen molar-refractivity contribution in [3.8, 4) is 0 Å². The molecule has 7 heteroatoms. The van der Waals surface area contributed by atoms with Gasteiger partial charge in [-0.3, -0.25) is 19.3 Å². The van der Waals surface area contributed by atoms with Crippen LogP contribution in [0.5, 0.6) is 0 Å². The smallest absolute Gasteiger partial charge is 0.262 e. The Labute approximate surface area is 174 Å². The van der Waals surface area contributed by atoms with Gasteiger partial charge >= 0.3 is 0 Å². The highest BCUT2D eigenvalue weighted by Crippen LogP contribution is 2.32. The Morgan fingerprint density at radius 3 is 2.24 bits per heavy atom. The van der Waals surface area contributed by atoms with Gasteiger partial charge in [0.15, 0.2) is 0 Å². The Bertz CT molecular complexity index is 950. The average molecular weight is 412 g/mol. The Hall–Kier alpha value is -2.86. The number of hydrogen-bond donors (Lipinski definition) is 1. The van der Waals surface area contributed by atoms with Crippen molar-refractivity contribution in [1.82, 2.24) is 4.90 Å². The van der Waals surface area contributed by atoms with Gasteiger partial charge in [-0.2, -0.15) is 0 Å². The Morgan fingerprint density at radius 1 is 1.00 bits per heavy atom. The van der Waals surface area contributed by atoms with Crippen LogP contribution in [-0.4, -0.2) is 41.8 Å². The van der Waals surface area contributed by atoms with Gasteiger partial charge in [-0.15, -0.1) is 0 Å². The molecule has 2 aromatic carbocycles. The molecule has 1 unspecified atom stereocenters. The number of halogens is 1. The molecule has 2 heterocycles. The van der Waals surface area contributed by atoms with Crippen molar-refractivity contribution in [2.45, 2.75) is 32.2 Å². The first kappa shape index (κ1) is 19.5. The van der Waals surface area contributed by atoms with Crippen LogP contribution in [0, 0.1) is 0 Å². The average Bonchev–Trinajstić information content (AvgIpc) is 2.99. The molecule has 3 amide bonds. The molecule has 1 saturated heterocycles. The third-order valence-corrected chi connectivity index (χ3v) is 5.74. The van der Waals surface area contributed by atoms with Crippen molar-refractivity contribution < 1.29 is 14.4 Å². The highest BCUT2D eigenvalue weighted by atomic mass is 35.5. The number of fused-ring (bicyclic) bond motifs is 1. The van der Waals surface area contributed by atoms with Gasteiger partial charge in [0.1, 0.15) is 6.04 Å². The van der Waals surface area contributed by atoms with Crippen molar-refractivity contribution in [2.24, 2.45) is 0 Å². The van der Waals surface area contributed by atoms with Gasteiger partial charge in [-0.05, 0) is 56.5 Å². The first-order valence-electron chi connectivity index (χ1n) is 9.79. The van der Waals surface area contributed by atoms with E-state index in [1.807, 2.05) is 6.07 Å². The lowest BCUT2D eigenvalue weighted by Gasteiger charge is -2.31. The zero-order valence-electron chi connectivity index (χ0n) is 16.2. The van der Waals surface area contributed by atoms with Crippen LogP contribution in [0.2, 0.25) is 5.02 Å². The normalized spacial score (nSPS) is 17.3. The Morgan fingerprint density at radius 2 is 1.62 bits per heavy atom. The molecule has 1 N–H and O–H groups in total.